The van der Waals surface area contributed by atoms with Gasteiger partial charge in [-0.1, -0.05) is 6.07 Å². The van der Waals surface area contributed by atoms with E-state index >= 15 is 0 Å². The van der Waals surface area contributed by atoms with Crippen LogP contribution in [-0.2, 0) is 0 Å². The number of anilines is 3. The minimum Gasteiger partial charge on any atom is -0.399 e. The first-order valence-electron chi connectivity index (χ1n) is 6.60. The highest BCUT2D eigenvalue weighted by Crippen LogP contribution is 2.23. The lowest BCUT2D eigenvalue weighted by molar-refractivity contribution is 1.34. The maximum Gasteiger partial charge on any atom is 0.131 e. The number of nitrogens with two attached hydrogens (primary N) is 1. The summed E-state index contributed by atoms with van der Waals surface area (Å²) >= 11 is 0. The monoisotopic (exact) mass is 274 g/mol. The zero-order valence-corrected chi connectivity index (χ0v) is 11.6. The van der Waals surface area contributed by atoms with E-state index in [0.29, 0.717) is 5.56 Å². The Bertz CT molecular complexity index is 862. The molecule has 102 valence electrons. The largest absolute Gasteiger partial charge is 0.399 e. The fraction of sp³-hybridized carbons (Fsp3) is 0.0588. The van der Waals surface area contributed by atoms with E-state index in [-0.39, 0.29) is 0 Å². The number of hydrogen-bond acceptors (Lipinski definition) is 4. The second-order valence-electron chi connectivity index (χ2n) is 4.92. The number of benzene rings is 2. The minimum absolute atomic E-state index is 0.622. The molecule has 3 N–H and O–H groups in total. The van der Waals surface area contributed by atoms with Crippen molar-refractivity contribution in [3.8, 4) is 6.07 Å². The molecule has 0 bridgehead atoms. The van der Waals surface area contributed by atoms with Crippen molar-refractivity contribution in [2.75, 3.05) is 11.1 Å². The van der Waals surface area contributed by atoms with Crippen LogP contribution in [0.5, 0.6) is 0 Å². The first-order valence-corrected chi connectivity index (χ1v) is 6.60. The Morgan fingerprint density at radius 1 is 1.10 bits per heavy atom. The van der Waals surface area contributed by atoms with Crippen molar-refractivity contribution in [3.63, 3.8) is 0 Å². The molecule has 0 amide bonds. The fourth-order valence-corrected chi connectivity index (χ4v) is 2.18. The average molecular weight is 274 g/mol. The van der Waals surface area contributed by atoms with Crippen molar-refractivity contribution in [2.24, 2.45) is 0 Å². The minimum atomic E-state index is 0.622. The van der Waals surface area contributed by atoms with E-state index in [1.807, 2.05) is 49.4 Å². The van der Waals surface area contributed by atoms with Crippen molar-refractivity contribution in [2.45, 2.75) is 6.92 Å². The number of pyridine rings is 1. The van der Waals surface area contributed by atoms with E-state index in [4.69, 9.17) is 11.0 Å². The molecule has 0 aliphatic rings. The summed E-state index contributed by atoms with van der Waals surface area (Å²) in [6.45, 7) is 1.99. The van der Waals surface area contributed by atoms with Crippen LogP contribution in [0.25, 0.3) is 10.9 Å². The molecule has 0 atom stereocenters. The second kappa shape index (κ2) is 5.14. The molecule has 3 aromatic rings. The number of nitrogen functional groups attached to an aromatic ring is 1. The molecule has 0 spiro atoms. The van der Waals surface area contributed by atoms with E-state index in [0.717, 1.165) is 33.7 Å². The molecular formula is C17H14N4. The highest BCUT2D eigenvalue weighted by atomic mass is 15.0. The molecule has 0 saturated carbocycles. The van der Waals surface area contributed by atoms with Gasteiger partial charge in [0.25, 0.3) is 0 Å². The zero-order chi connectivity index (χ0) is 14.8. The van der Waals surface area contributed by atoms with Gasteiger partial charge in [0, 0.05) is 16.8 Å². The number of nitriles is 1. The van der Waals surface area contributed by atoms with Crippen molar-refractivity contribution in [1.82, 2.24) is 4.98 Å². The van der Waals surface area contributed by atoms with Gasteiger partial charge >= 0.3 is 0 Å². The summed E-state index contributed by atoms with van der Waals surface area (Å²) in [6.07, 6.45) is 0. The molecule has 0 unspecified atom stereocenters. The third kappa shape index (κ3) is 2.63. The third-order valence-corrected chi connectivity index (χ3v) is 3.34. The van der Waals surface area contributed by atoms with Crippen LogP contribution >= 0.6 is 0 Å². The lowest BCUT2D eigenvalue weighted by Gasteiger charge is -2.10. The Labute approximate surface area is 122 Å². The summed E-state index contributed by atoms with van der Waals surface area (Å²) in [7, 11) is 0. The summed E-state index contributed by atoms with van der Waals surface area (Å²) in [5.41, 5.74) is 9.94. The fourth-order valence-electron chi connectivity index (χ4n) is 2.18. The van der Waals surface area contributed by atoms with Crippen LogP contribution in [0.4, 0.5) is 17.2 Å². The molecule has 4 heteroatoms. The van der Waals surface area contributed by atoms with Gasteiger partial charge in [0.15, 0.2) is 0 Å². The molecule has 21 heavy (non-hydrogen) atoms. The lowest BCUT2D eigenvalue weighted by Crippen LogP contribution is -1.97. The Morgan fingerprint density at radius 3 is 2.76 bits per heavy atom. The van der Waals surface area contributed by atoms with Crippen molar-refractivity contribution in [3.05, 3.63) is 59.7 Å². The number of nitrogens with zero attached hydrogens (tertiary/aromatic N) is 2. The Morgan fingerprint density at radius 2 is 1.95 bits per heavy atom. The highest BCUT2D eigenvalue weighted by molar-refractivity contribution is 5.83. The van der Waals surface area contributed by atoms with Gasteiger partial charge in [0.05, 0.1) is 17.1 Å². The third-order valence-electron chi connectivity index (χ3n) is 3.34. The summed E-state index contributed by atoms with van der Waals surface area (Å²) in [5.74, 6) is 0.741. The Hall–Kier alpha value is -3.06. The van der Waals surface area contributed by atoms with E-state index in [1.165, 1.54) is 0 Å². The van der Waals surface area contributed by atoms with E-state index in [1.54, 1.807) is 6.07 Å². The summed E-state index contributed by atoms with van der Waals surface area (Å²) in [6, 6.07) is 17.2. The van der Waals surface area contributed by atoms with Crippen LogP contribution in [-0.4, -0.2) is 4.98 Å². The quantitative estimate of drug-likeness (QED) is 0.698. The number of aromatic nitrogens is 1. The van der Waals surface area contributed by atoms with Gasteiger partial charge in [-0.2, -0.15) is 5.26 Å². The van der Waals surface area contributed by atoms with Crippen molar-refractivity contribution < 1.29 is 0 Å². The van der Waals surface area contributed by atoms with Crippen LogP contribution in [0, 0.1) is 18.3 Å². The number of fused-ring (bicyclic) bond motifs is 1. The standard InChI is InChI=1S/C17H14N4/c1-11-2-3-12(10-18)8-16(11)21-17-7-4-13-9-14(19)5-6-15(13)20-17/h2-9H,19H2,1H3,(H,20,21). The maximum atomic E-state index is 8.98. The molecule has 0 aliphatic heterocycles. The molecule has 4 nitrogen and oxygen atoms in total. The number of nitrogens with one attached hydrogen (secondary N) is 1. The van der Waals surface area contributed by atoms with Crippen LogP contribution in [0.15, 0.2) is 48.5 Å². The number of hydrogen-bond donors (Lipinski definition) is 2. The van der Waals surface area contributed by atoms with Crippen molar-refractivity contribution in [1.29, 1.82) is 5.26 Å². The molecular weight excluding hydrogens is 260 g/mol. The van der Waals surface area contributed by atoms with Gasteiger partial charge in [0.2, 0.25) is 0 Å². The van der Waals surface area contributed by atoms with Crippen LogP contribution in [0.1, 0.15) is 11.1 Å². The summed E-state index contributed by atoms with van der Waals surface area (Å²) in [5, 5.41) is 13.2. The second-order valence-corrected chi connectivity index (χ2v) is 4.92. The van der Waals surface area contributed by atoms with Crippen molar-refractivity contribution >= 4 is 28.1 Å². The smallest absolute Gasteiger partial charge is 0.131 e. The first kappa shape index (κ1) is 12.9. The number of rotatable bonds is 2. The van der Waals surface area contributed by atoms with Gasteiger partial charge in [-0.25, -0.2) is 4.98 Å². The van der Waals surface area contributed by atoms with E-state index < -0.39 is 0 Å². The SMILES string of the molecule is Cc1ccc(C#N)cc1Nc1ccc2cc(N)ccc2n1. The molecule has 1 heterocycles. The van der Waals surface area contributed by atoms with Crippen LogP contribution in [0.3, 0.4) is 0 Å². The highest BCUT2D eigenvalue weighted by Gasteiger charge is 2.03. The van der Waals surface area contributed by atoms with Gasteiger partial charge in [-0.3, -0.25) is 0 Å². The molecule has 0 aliphatic carbocycles. The van der Waals surface area contributed by atoms with Gasteiger partial charge < -0.3 is 11.1 Å². The normalized spacial score (nSPS) is 10.3. The predicted octanol–water partition coefficient (Wildman–Crippen LogP) is 3.74. The Balaban J connectivity index is 1.98. The van der Waals surface area contributed by atoms with Gasteiger partial charge in [-0.05, 0) is 55.0 Å². The molecule has 3 rings (SSSR count). The molecule has 0 radical (unpaired) electrons. The van der Waals surface area contributed by atoms with E-state index in [9.17, 15) is 0 Å². The number of aryl methyl sites for hydroxylation is 1. The zero-order valence-electron chi connectivity index (χ0n) is 11.6. The van der Waals surface area contributed by atoms with Crippen LogP contribution < -0.4 is 11.1 Å². The first-order chi connectivity index (χ1) is 10.2. The van der Waals surface area contributed by atoms with E-state index in [2.05, 4.69) is 16.4 Å². The molecule has 1 aromatic heterocycles. The summed E-state index contributed by atoms with van der Waals surface area (Å²) in [4.78, 5) is 4.56. The van der Waals surface area contributed by atoms with Gasteiger partial charge in [-0.15, -0.1) is 0 Å². The maximum absolute atomic E-state index is 8.98. The average Bonchev–Trinajstić information content (AvgIpc) is 2.49. The molecule has 0 saturated heterocycles. The predicted molar refractivity (Wildman–Crippen MR) is 85.3 cm³/mol. The molecule has 0 fully saturated rings. The van der Waals surface area contributed by atoms with Crippen LogP contribution in [0.2, 0.25) is 0 Å². The molecule has 2 aromatic carbocycles. The lowest BCUT2D eigenvalue weighted by atomic mass is 10.1. The summed E-state index contributed by atoms with van der Waals surface area (Å²) < 4.78 is 0. The van der Waals surface area contributed by atoms with Gasteiger partial charge in [0.1, 0.15) is 5.82 Å². The topological polar surface area (TPSA) is 74.7 Å². The Kier molecular flexibility index (Phi) is 3.17.